The Hall–Kier alpha value is -0.610. The van der Waals surface area contributed by atoms with Gasteiger partial charge in [-0.25, -0.2) is 4.98 Å². The zero-order valence-corrected chi connectivity index (χ0v) is 11.4. The van der Waals surface area contributed by atoms with Crippen LogP contribution in [0.2, 0.25) is 0 Å². The fraction of sp³-hybridized carbons (Fsp3) is 0.636. The summed E-state index contributed by atoms with van der Waals surface area (Å²) in [6, 6.07) is 0. The first-order valence-corrected chi connectivity index (χ1v) is 6.62. The molecule has 0 unspecified atom stereocenters. The molecule has 1 heterocycles. The van der Waals surface area contributed by atoms with Gasteiger partial charge in [0.15, 0.2) is 0 Å². The molecule has 0 aromatic carbocycles. The Morgan fingerprint density at radius 1 is 1.62 bits per heavy atom. The predicted octanol–water partition coefficient (Wildman–Crippen LogP) is 2.38. The Balaban J connectivity index is 2.33. The largest absolute Gasteiger partial charge is 0.355 e. The van der Waals surface area contributed by atoms with Gasteiger partial charge in [-0.1, -0.05) is 0 Å². The summed E-state index contributed by atoms with van der Waals surface area (Å²) in [7, 11) is 0. The molecule has 1 amide bonds. The summed E-state index contributed by atoms with van der Waals surface area (Å²) in [5.41, 5.74) is 0.535. The highest BCUT2D eigenvalue weighted by atomic mass is 35.5. The molecule has 0 saturated carbocycles. The van der Waals surface area contributed by atoms with E-state index in [1.54, 1.807) is 11.3 Å². The zero-order chi connectivity index (χ0) is 12.2. The molecule has 1 rings (SSSR count). The number of hydrogen-bond acceptors (Lipinski definition) is 3. The van der Waals surface area contributed by atoms with Crippen LogP contribution in [0.3, 0.4) is 0 Å². The number of carbonyl (C=O) groups excluding carboxylic acids is 1. The first kappa shape index (κ1) is 13.5. The number of nitrogens with one attached hydrogen (secondary N) is 1. The van der Waals surface area contributed by atoms with Gasteiger partial charge in [0.05, 0.1) is 10.4 Å². The van der Waals surface area contributed by atoms with Gasteiger partial charge in [-0.3, -0.25) is 4.79 Å². The number of aromatic nitrogens is 1. The van der Waals surface area contributed by atoms with Crippen LogP contribution in [-0.4, -0.2) is 23.3 Å². The van der Waals surface area contributed by atoms with E-state index >= 15 is 0 Å². The Labute approximate surface area is 105 Å². The lowest BCUT2D eigenvalue weighted by atomic mass is 9.95. The molecule has 90 valence electrons. The molecule has 0 bridgehead atoms. The van der Waals surface area contributed by atoms with Crippen LogP contribution in [0.1, 0.15) is 24.5 Å². The van der Waals surface area contributed by atoms with Crippen LogP contribution in [0.25, 0.3) is 0 Å². The lowest BCUT2D eigenvalue weighted by Crippen LogP contribution is -2.39. The highest BCUT2D eigenvalue weighted by Crippen LogP contribution is 2.16. The minimum absolute atomic E-state index is 0.00391. The molecular weight excluding hydrogens is 244 g/mol. The second kappa shape index (κ2) is 5.64. The summed E-state index contributed by atoms with van der Waals surface area (Å²) in [5.74, 6) is 0.325. The zero-order valence-electron chi connectivity index (χ0n) is 9.84. The molecule has 0 aliphatic rings. The first-order chi connectivity index (χ1) is 7.45. The highest BCUT2D eigenvalue weighted by molar-refractivity contribution is 7.09. The van der Waals surface area contributed by atoms with Gasteiger partial charge >= 0.3 is 0 Å². The van der Waals surface area contributed by atoms with Crippen molar-refractivity contribution in [1.29, 1.82) is 0 Å². The molecular formula is C11H17ClN2OS. The van der Waals surface area contributed by atoms with Gasteiger partial charge in [-0.2, -0.15) is 0 Å². The molecule has 0 aliphatic heterocycles. The number of hydrogen-bond donors (Lipinski definition) is 1. The van der Waals surface area contributed by atoms with Crippen LogP contribution >= 0.6 is 22.9 Å². The Morgan fingerprint density at radius 2 is 2.31 bits per heavy atom. The Bertz CT molecular complexity index is 363. The number of thiazole rings is 1. The van der Waals surface area contributed by atoms with Gasteiger partial charge in [0.25, 0.3) is 0 Å². The van der Waals surface area contributed by atoms with Crippen LogP contribution in [0, 0.1) is 12.3 Å². The van der Waals surface area contributed by atoms with E-state index in [4.69, 9.17) is 11.6 Å². The second-order valence-electron chi connectivity index (χ2n) is 4.41. The molecule has 1 N–H and O–H groups in total. The van der Waals surface area contributed by atoms with Crippen LogP contribution in [-0.2, 0) is 11.2 Å². The van der Waals surface area contributed by atoms with Crippen molar-refractivity contribution in [1.82, 2.24) is 10.3 Å². The number of amides is 1. The summed E-state index contributed by atoms with van der Waals surface area (Å²) >= 11 is 7.34. The topological polar surface area (TPSA) is 42.0 Å². The second-order valence-corrected chi connectivity index (χ2v) is 5.62. The SMILES string of the molecule is Cc1csc(CCNC(=O)C(C)(C)CCl)n1. The molecule has 1 aromatic heterocycles. The normalized spacial score (nSPS) is 11.5. The van der Waals surface area contributed by atoms with Crippen molar-refractivity contribution < 1.29 is 4.79 Å². The summed E-state index contributed by atoms with van der Waals surface area (Å²) in [6.07, 6.45) is 0.780. The fourth-order valence-electron chi connectivity index (χ4n) is 1.10. The van der Waals surface area contributed by atoms with Crippen molar-refractivity contribution in [2.45, 2.75) is 27.2 Å². The average molecular weight is 261 g/mol. The molecule has 16 heavy (non-hydrogen) atoms. The van der Waals surface area contributed by atoms with Gasteiger partial charge < -0.3 is 5.32 Å². The van der Waals surface area contributed by atoms with Crippen LogP contribution in [0.4, 0.5) is 0 Å². The summed E-state index contributed by atoms with van der Waals surface area (Å²) in [6.45, 7) is 6.26. The summed E-state index contributed by atoms with van der Waals surface area (Å²) in [5, 5.41) is 5.95. The third-order valence-corrected chi connectivity index (χ3v) is 3.93. The molecule has 0 atom stereocenters. The van der Waals surface area contributed by atoms with E-state index in [1.165, 1.54) is 0 Å². The monoisotopic (exact) mass is 260 g/mol. The Kier molecular flexibility index (Phi) is 4.74. The Morgan fingerprint density at radius 3 is 2.81 bits per heavy atom. The molecule has 0 aliphatic carbocycles. The van der Waals surface area contributed by atoms with Crippen molar-refractivity contribution in [3.63, 3.8) is 0 Å². The van der Waals surface area contributed by atoms with E-state index in [0.29, 0.717) is 12.4 Å². The van der Waals surface area contributed by atoms with E-state index in [-0.39, 0.29) is 5.91 Å². The molecule has 0 saturated heterocycles. The van der Waals surface area contributed by atoms with Crippen molar-refractivity contribution >= 4 is 28.8 Å². The maximum atomic E-state index is 11.7. The number of carbonyl (C=O) groups is 1. The van der Waals surface area contributed by atoms with Crippen molar-refractivity contribution in [3.8, 4) is 0 Å². The van der Waals surface area contributed by atoms with Crippen LogP contribution in [0.15, 0.2) is 5.38 Å². The van der Waals surface area contributed by atoms with Gasteiger partial charge in [-0.05, 0) is 20.8 Å². The summed E-state index contributed by atoms with van der Waals surface area (Å²) < 4.78 is 0. The smallest absolute Gasteiger partial charge is 0.226 e. The van der Waals surface area contributed by atoms with E-state index in [2.05, 4.69) is 10.3 Å². The number of nitrogens with zero attached hydrogens (tertiary/aromatic N) is 1. The van der Waals surface area contributed by atoms with Gasteiger partial charge in [-0.15, -0.1) is 22.9 Å². The van der Waals surface area contributed by atoms with E-state index in [0.717, 1.165) is 17.1 Å². The van der Waals surface area contributed by atoms with Gasteiger partial charge in [0.2, 0.25) is 5.91 Å². The number of halogens is 1. The van der Waals surface area contributed by atoms with Crippen molar-refractivity contribution in [2.24, 2.45) is 5.41 Å². The summed E-state index contributed by atoms with van der Waals surface area (Å²) in [4.78, 5) is 16.0. The minimum atomic E-state index is -0.500. The fourth-order valence-corrected chi connectivity index (χ4v) is 2.00. The van der Waals surface area contributed by atoms with Crippen molar-refractivity contribution in [3.05, 3.63) is 16.1 Å². The average Bonchev–Trinajstić information content (AvgIpc) is 2.64. The van der Waals surface area contributed by atoms with E-state index in [9.17, 15) is 4.79 Å². The number of rotatable bonds is 5. The maximum absolute atomic E-state index is 11.7. The predicted molar refractivity (Wildman–Crippen MR) is 68.1 cm³/mol. The third-order valence-electron chi connectivity index (χ3n) is 2.24. The van der Waals surface area contributed by atoms with Gasteiger partial charge in [0, 0.05) is 29.9 Å². The minimum Gasteiger partial charge on any atom is -0.355 e. The van der Waals surface area contributed by atoms with E-state index < -0.39 is 5.41 Å². The lowest BCUT2D eigenvalue weighted by molar-refractivity contribution is -0.128. The number of alkyl halides is 1. The third kappa shape index (κ3) is 3.76. The lowest BCUT2D eigenvalue weighted by Gasteiger charge is -2.19. The quantitative estimate of drug-likeness (QED) is 0.826. The highest BCUT2D eigenvalue weighted by Gasteiger charge is 2.25. The van der Waals surface area contributed by atoms with Crippen LogP contribution < -0.4 is 5.32 Å². The molecule has 0 fully saturated rings. The molecule has 3 nitrogen and oxygen atoms in total. The molecule has 0 spiro atoms. The molecule has 5 heteroatoms. The standard InChI is InChI=1S/C11H17ClN2OS/c1-8-6-16-9(14-8)4-5-13-10(15)11(2,3)7-12/h6H,4-5,7H2,1-3H3,(H,13,15). The van der Waals surface area contributed by atoms with E-state index in [1.807, 2.05) is 26.2 Å². The first-order valence-electron chi connectivity index (χ1n) is 5.21. The maximum Gasteiger partial charge on any atom is 0.226 e. The van der Waals surface area contributed by atoms with Gasteiger partial charge in [0.1, 0.15) is 0 Å². The molecule has 0 radical (unpaired) electrons. The van der Waals surface area contributed by atoms with Crippen LogP contribution in [0.5, 0.6) is 0 Å². The number of aryl methyl sites for hydroxylation is 1. The molecule has 1 aromatic rings. The van der Waals surface area contributed by atoms with Crippen molar-refractivity contribution in [2.75, 3.05) is 12.4 Å².